The van der Waals surface area contributed by atoms with E-state index in [4.69, 9.17) is 10.5 Å². The van der Waals surface area contributed by atoms with Gasteiger partial charge in [-0.15, -0.1) is 0 Å². The van der Waals surface area contributed by atoms with Gasteiger partial charge in [-0.3, -0.25) is 4.79 Å². The van der Waals surface area contributed by atoms with E-state index in [9.17, 15) is 18.0 Å². The lowest BCUT2D eigenvalue weighted by molar-refractivity contribution is -0.137. The minimum Gasteiger partial charge on any atom is -0.496 e. The summed E-state index contributed by atoms with van der Waals surface area (Å²) in [6.45, 7) is 1.03. The number of benzene rings is 1. The number of Topliss-reactive ketones (excluding diaryl/α,β-unsaturated/α-hetero) is 1. The summed E-state index contributed by atoms with van der Waals surface area (Å²) in [7, 11) is 1.19. The maximum Gasteiger partial charge on any atom is 0.419 e. The number of alkyl halides is 3. The fraction of sp³-hybridized carbons (Fsp3) is 0.300. The molecule has 0 bridgehead atoms. The number of carbonyl (C=O) groups is 1. The summed E-state index contributed by atoms with van der Waals surface area (Å²) in [6.07, 6.45) is -4.68. The van der Waals surface area contributed by atoms with Gasteiger partial charge in [0.25, 0.3) is 0 Å². The number of ketones is 1. The summed E-state index contributed by atoms with van der Waals surface area (Å²) < 4.78 is 42.8. The van der Waals surface area contributed by atoms with Gasteiger partial charge in [-0.2, -0.15) is 13.2 Å². The topological polar surface area (TPSA) is 52.3 Å². The number of hydrogen-bond donors (Lipinski definition) is 1. The summed E-state index contributed by atoms with van der Waals surface area (Å²) in [5.74, 6) is -0.870. The van der Waals surface area contributed by atoms with Gasteiger partial charge in [0, 0.05) is 5.69 Å². The number of nitrogen functional groups attached to an aromatic ring is 1. The highest BCUT2D eigenvalue weighted by Gasteiger charge is 2.38. The lowest BCUT2D eigenvalue weighted by Crippen LogP contribution is -2.15. The minimum atomic E-state index is -4.68. The number of anilines is 1. The van der Waals surface area contributed by atoms with Crippen LogP contribution < -0.4 is 10.5 Å². The van der Waals surface area contributed by atoms with Crippen molar-refractivity contribution in [2.45, 2.75) is 13.1 Å². The molecule has 0 saturated carbocycles. The highest BCUT2D eigenvalue weighted by atomic mass is 19.4. The van der Waals surface area contributed by atoms with Crippen LogP contribution in [0.3, 0.4) is 0 Å². The van der Waals surface area contributed by atoms with Crippen LogP contribution in [0.15, 0.2) is 12.1 Å². The van der Waals surface area contributed by atoms with Gasteiger partial charge in [-0.25, -0.2) is 0 Å². The Bertz CT molecular complexity index is 427. The van der Waals surface area contributed by atoms with Gasteiger partial charge in [0.2, 0.25) is 0 Å². The first-order chi connectivity index (χ1) is 7.29. The highest BCUT2D eigenvalue weighted by Crippen LogP contribution is 2.40. The molecule has 0 heterocycles. The van der Waals surface area contributed by atoms with Crippen molar-refractivity contribution in [3.05, 3.63) is 23.3 Å². The molecule has 16 heavy (non-hydrogen) atoms. The lowest BCUT2D eigenvalue weighted by Gasteiger charge is -2.16. The van der Waals surface area contributed by atoms with Gasteiger partial charge >= 0.3 is 6.18 Å². The third-order valence-corrected chi connectivity index (χ3v) is 2.05. The molecule has 0 amide bonds. The van der Waals surface area contributed by atoms with Crippen molar-refractivity contribution in [3.8, 4) is 5.75 Å². The van der Waals surface area contributed by atoms with Crippen molar-refractivity contribution >= 4 is 11.5 Å². The fourth-order valence-corrected chi connectivity index (χ4v) is 1.42. The van der Waals surface area contributed by atoms with E-state index >= 15 is 0 Å². The third kappa shape index (κ3) is 2.10. The molecule has 0 aliphatic heterocycles. The Morgan fingerprint density at radius 3 is 2.31 bits per heavy atom. The maximum atomic E-state index is 12.7. The number of carbonyl (C=O) groups excluding carboxylic acids is 1. The maximum absolute atomic E-state index is 12.7. The van der Waals surface area contributed by atoms with Crippen LogP contribution in [0.5, 0.6) is 5.75 Å². The van der Waals surface area contributed by atoms with Crippen LogP contribution in [0.2, 0.25) is 0 Å². The molecule has 0 saturated heterocycles. The van der Waals surface area contributed by atoms with Crippen molar-refractivity contribution in [2.24, 2.45) is 0 Å². The average Bonchev–Trinajstić information content (AvgIpc) is 2.15. The molecule has 1 aromatic carbocycles. The predicted octanol–water partition coefficient (Wildman–Crippen LogP) is 2.50. The molecule has 0 aliphatic carbocycles. The van der Waals surface area contributed by atoms with E-state index < -0.39 is 28.8 Å². The highest BCUT2D eigenvalue weighted by molar-refractivity contribution is 6.00. The second-order valence-electron chi connectivity index (χ2n) is 3.16. The summed E-state index contributed by atoms with van der Waals surface area (Å²) in [4.78, 5) is 11.2. The van der Waals surface area contributed by atoms with Crippen LogP contribution in [0, 0.1) is 0 Å². The largest absolute Gasteiger partial charge is 0.496 e. The first kappa shape index (κ1) is 12.4. The van der Waals surface area contributed by atoms with Crippen molar-refractivity contribution in [2.75, 3.05) is 12.8 Å². The molecule has 0 atom stereocenters. The van der Waals surface area contributed by atoms with Crippen LogP contribution in [0.25, 0.3) is 0 Å². The zero-order chi connectivity index (χ0) is 12.5. The van der Waals surface area contributed by atoms with Crippen LogP contribution in [0.4, 0.5) is 18.9 Å². The Morgan fingerprint density at radius 2 is 1.94 bits per heavy atom. The number of rotatable bonds is 2. The zero-order valence-electron chi connectivity index (χ0n) is 8.68. The number of methoxy groups -OCH3 is 1. The lowest BCUT2D eigenvalue weighted by atomic mass is 10.0. The molecule has 88 valence electrons. The van der Waals surface area contributed by atoms with Crippen LogP contribution >= 0.6 is 0 Å². The van der Waals surface area contributed by atoms with Crippen LogP contribution in [0.1, 0.15) is 22.8 Å². The van der Waals surface area contributed by atoms with Gasteiger partial charge in [0.15, 0.2) is 5.78 Å². The Kier molecular flexibility index (Phi) is 3.11. The molecule has 0 radical (unpaired) electrons. The normalized spacial score (nSPS) is 11.3. The van der Waals surface area contributed by atoms with E-state index in [0.29, 0.717) is 0 Å². The second kappa shape index (κ2) is 4.03. The first-order valence-electron chi connectivity index (χ1n) is 4.33. The molecule has 0 fully saturated rings. The number of halogens is 3. The van der Waals surface area contributed by atoms with Gasteiger partial charge in [0.1, 0.15) is 5.75 Å². The van der Waals surface area contributed by atoms with Gasteiger partial charge in [-0.1, -0.05) is 0 Å². The molecular formula is C10H10F3NO2. The van der Waals surface area contributed by atoms with Gasteiger partial charge < -0.3 is 10.5 Å². The van der Waals surface area contributed by atoms with E-state index in [2.05, 4.69) is 0 Å². The Balaban J connectivity index is 3.62. The van der Waals surface area contributed by atoms with Crippen molar-refractivity contribution in [1.82, 2.24) is 0 Å². The molecule has 2 N–H and O–H groups in total. The van der Waals surface area contributed by atoms with Gasteiger partial charge in [-0.05, 0) is 19.1 Å². The molecule has 0 aromatic heterocycles. The SMILES string of the molecule is COc1ccc(N)c(C(F)(F)F)c1C(C)=O. The van der Waals surface area contributed by atoms with Crippen molar-refractivity contribution in [3.63, 3.8) is 0 Å². The predicted molar refractivity (Wildman–Crippen MR) is 52.4 cm³/mol. The summed E-state index contributed by atoms with van der Waals surface area (Å²) >= 11 is 0. The number of ether oxygens (including phenoxy) is 1. The average molecular weight is 233 g/mol. The molecule has 1 rings (SSSR count). The molecule has 0 unspecified atom stereocenters. The smallest absolute Gasteiger partial charge is 0.419 e. The van der Waals surface area contributed by atoms with Crippen LogP contribution in [-0.2, 0) is 6.18 Å². The summed E-state index contributed by atoms with van der Waals surface area (Å²) in [6, 6.07) is 2.30. The van der Waals surface area contributed by atoms with E-state index in [1.54, 1.807) is 0 Å². The van der Waals surface area contributed by atoms with Crippen LogP contribution in [-0.4, -0.2) is 12.9 Å². The van der Waals surface area contributed by atoms with Crippen molar-refractivity contribution < 1.29 is 22.7 Å². The molecule has 6 heteroatoms. The Hall–Kier alpha value is -1.72. The van der Waals surface area contributed by atoms with E-state index in [1.165, 1.54) is 13.2 Å². The minimum absolute atomic E-state index is 0.131. The van der Waals surface area contributed by atoms with E-state index in [0.717, 1.165) is 13.0 Å². The molecule has 0 spiro atoms. The zero-order valence-corrected chi connectivity index (χ0v) is 8.68. The quantitative estimate of drug-likeness (QED) is 0.630. The summed E-state index contributed by atoms with van der Waals surface area (Å²) in [5, 5.41) is 0. The fourth-order valence-electron chi connectivity index (χ4n) is 1.42. The number of nitrogens with two attached hydrogens (primary N) is 1. The van der Waals surface area contributed by atoms with E-state index in [1.807, 2.05) is 0 Å². The second-order valence-corrected chi connectivity index (χ2v) is 3.16. The van der Waals surface area contributed by atoms with E-state index in [-0.39, 0.29) is 5.75 Å². The molecule has 0 aliphatic rings. The monoisotopic (exact) mass is 233 g/mol. The first-order valence-corrected chi connectivity index (χ1v) is 4.33. The molecular weight excluding hydrogens is 223 g/mol. The van der Waals surface area contributed by atoms with Gasteiger partial charge in [0.05, 0.1) is 18.2 Å². The number of hydrogen-bond acceptors (Lipinski definition) is 3. The molecule has 3 nitrogen and oxygen atoms in total. The summed E-state index contributed by atoms with van der Waals surface area (Å²) in [5.41, 5.74) is 3.08. The Labute approximate surface area is 90.0 Å². The third-order valence-electron chi connectivity index (χ3n) is 2.05. The standard InChI is InChI=1S/C10H10F3NO2/c1-5(15)8-7(16-2)4-3-6(14)9(8)10(11,12)13/h3-4H,14H2,1-2H3. The Morgan fingerprint density at radius 1 is 1.38 bits per heavy atom. The molecule has 1 aromatic rings. The van der Waals surface area contributed by atoms with Crippen molar-refractivity contribution in [1.29, 1.82) is 0 Å².